The number of anilines is 1. The van der Waals surface area contributed by atoms with Crippen molar-refractivity contribution in [1.29, 1.82) is 0 Å². The van der Waals surface area contributed by atoms with Crippen LogP contribution in [0.1, 0.15) is 18.9 Å². The lowest BCUT2D eigenvalue weighted by atomic mass is 10.1. The summed E-state index contributed by atoms with van der Waals surface area (Å²) in [6, 6.07) is 8.14. The highest BCUT2D eigenvalue weighted by atomic mass is 16.5. The molecule has 2 N–H and O–H groups in total. The maximum atomic E-state index is 11.5. The Bertz CT molecular complexity index is 380. The van der Waals surface area contributed by atoms with Crippen molar-refractivity contribution in [3.05, 3.63) is 29.8 Å². The SMILES string of the molecule is CCC(COC)Nc1ccccc1CC(=O)NC. The number of amides is 1. The van der Waals surface area contributed by atoms with Crippen LogP contribution < -0.4 is 10.6 Å². The molecule has 4 heteroatoms. The molecule has 0 saturated heterocycles. The van der Waals surface area contributed by atoms with Crippen molar-refractivity contribution in [1.82, 2.24) is 5.32 Å². The highest BCUT2D eigenvalue weighted by Crippen LogP contribution is 2.17. The number of para-hydroxylation sites is 1. The van der Waals surface area contributed by atoms with E-state index in [2.05, 4.69) is 17.6 Å². The van der Waals surface area contributed by atoms with Crippen molar-refractivity contribution in [3.63, 3.8) is 0 Å². The summed E-state index contributed by atoms with van der Waals surface area (Å²) < 4.78 is 5.17. The number of hydrogen-bond donors (Lipinski definition) is 2. The molecular formula is C14H22N2O2. The molecule has 1 aromatic carbocycles. The second kappa shape index (κ2) is 7.71. The molecule has 100 valence electrons. The molecule has 18 heavy (non-hydrogen) atoms. The molecule has 0 bridgehead atoms. The van der Waals surface area contributed by atoms with Crippen LogP contribution in [-0.4, -0.2) is 32.7 Å². The molecule has 0 aliphatic carbocycles. The molecule has 0 radical (unpaired) electrons. The zero-order valence-corrected chi connectivity index (χ0v) is 11.3. The average Bonchev–Trinajstić information content (AvgIpc) is 2.40. The number of ether oxygens (including phenoxy) is 1. The Balaban J connectivity index is 2.77. The van der Waals surface area contributed by atoms with Crippen molar-refractivity contribution in [2.75, 3.05) is 26.1 Å². The van der Waals surface area contributed by atoms with E-state index in [0.29, 0.717) is 13.0 Å². The van der Waals surface area contributed by atoms with Gasteiger partial charge in [0.05, 0.1) is 13.0 Å². The predicted molar refractivity (Wildman–Crippen MR) is 73.8 cm³/mol. The maximum Gasteiger partial charge on any atom is 0.224 e. The Morgan fingerprint density at radius 1 is 1.39 bits per heavy atom. The van der Waals surface area contributed by atoms with Crippen molar-refractivity contribution < 1.29 is 9.53 Å². The number of nitrogens with one attached hydrogen (secondary N) is 2. The van der Waals surface area contributed by atoms with Gasteiger partial charge in [-0.25, -0.2) is 0 Å². The lowest BCUT2D eigenvalue weighted by Gasteiger charge is -2.19. The fourth-order valence-corrected chi connectivity index (χ4v) is 1.76. The van der Waals surface area contributed by atoms with E-state index in [0.717, 1.165) is 17.7 Å². The van der Waals surface area contributed by atoms with Gasteiger partial charge in [-0.3, -0.25) is 4.79 Å². The van der Waals surface area contributed by atoms with E-state index in [1.165, 1.54) is 0 Å². The number of carbonyl (C=O) groups is 1. The van der Waals surface area contributed by atoms with Crippen LogP contribution >= 0.6 is 0 Å². The van der Waals surface area contributed by atoms with Crippen LogP contribution in [0.5, 0.6) is 0 Å². The average molecular weight is 250 g/mol. The highest BCUT2D eigenvalue weighted by molar-refractivity contribution is 5.80. The number of benzene rings is 1. The van der Waals surface area contributed by atoms with Crippen LogP contribution in [0, 0.1) is 0 Å². The molecule has 0 heterocycles. The molecule has 4 nitrogen and oxygen atoms in total. The summed E-state index contributed by atoms with van der Waals surface area (Å²) in [6.45, 7) is 2.77. The lowest BCUT2D eigenvalue weighted by Crippen LogP contribution is -2.26. The highest BCUT2D eigenvalue weighted by Gasteiger charge is 2.10. The number of methoxy groups -OCH3 is 1. The van der Waals surface area contributed by atoms with E-state index >= 15 is 0 Å². The van der Waals surface area contributed by atoms with Gasteiger partial charge in [0.25, 0.3) is 0 Å². The first kappa shape index (κ1) is 14.5. The van der Waals surface area contributed by atoms with Crippen LogP contribution in [0.3, 0.4) is 0 Å². The van der Waals surface area contributed by atoms with Crippen LogP contribution in [0.25, 0.3) is 0 Å². The van der Waals surface area contributed by atoms with Gasteiger partial charge in [0.1, 0.15) is 0 Å². The zero-order valence-electron chi connectivity index (χ0n) is 11.3. The molecule has 1 aromatic rings. The second-order valence-corrected chi connectivity index (χ2v) is 4.21. The second-order valence-electron chi connectivity index (χ2n) is 4.21. The van der Waals surface area contributed by atoms with Gasteiger partial charge in [-0.05, 0) is 18.1 Å². The largest absolute Gasteiger partial charge is 0.383 e. The van der Waals surface area contributed by atoms with Crippen LogP contribution in [0.15, 0.2) is 24.3 Å². The maximum absolute atomic E-state index is 11.5. The Morgan fingerprint density at radius 2 is 2.11 bits per heavy atom. The Kier molecular flexibility index (Phi) is 6.22. The molecule has 1 atom stereocenters. The fourth-order valence-electron chi connectivity index (χ4n) is 1.76. The quantitative estimate of drug-likeness (QED) is 0.776. The molecule has 0 saturated carbocycles. The van der Waals surface area contributed by atoms with Crippen LogP contribution in [0.4, 0.5) is 5.69 Å². The minimum atomic E-state index is 0.0176. The van der Waals surface area contributed by atoms with Crippen LogP contribution in [0.2, 0.25) is 0 Å². The van der Waals surface area contributed by atoms with Gasteiger partial charge in [-0.2, -0.15) is 0 Å². The number of likely N-dealkylation sites (N-methyl/N-ethyl adjacent to an activating group) is 1. The number of rotatable bonds is 7. The van der Waals surface area contributed by atoms with Crippen molar-refractivity contribution in [2.24, 2.45) is 0 Å². The van der Waals surface area contributed by atoms with E-state index in [9.17, 15) is 4.79 Å². The third-order valence-corrected chi connectivity index (χ3v) is 2.87. The summed E-state index contributed by atoms with van der Waals surface area (Å²) in [7, 11) is 3.35. The lowest BCUT2D eigenvalue weighted by molar-refractivity contribution is -0.119. The fraction of sp³-hybridized carbons (Fsp3) is 0.500. The Labute approximate surface area is 109 Å². The minimum absolute atomic E-state index is 0.0176. The third kappa shape index (κ3) is 4.37. The summed E-state index contributed by atoms with van der Waals surface area (Å²) in [5.74, 6) is 0.0176. The predicted octanol–water partition coefficient (Wildman–Crippen LogP) is 1.81. The summed E-state index contributed by atoms with van der Waals surface area (Å²) in [5, 5.41) is 6.06. The first-order valence-electron chi connectivity index (χ1n) is 6.25. The topological polar surface area (TPSA) is 50.4 Å². The molecule has 0 aromatic heterocycles. The van der Waals surface area contributed by atoms with Crippen molar-refractivity contribution in [2.45, 2.75) is 25.8 Å². The van der Waals surface area contributed by atoms with Crippen molar-refractivity contribution in [3.8, 4) is 0 Å². The number of hydrogen-bond acceptors (Lipinski definition) is 3. The standard InChI is InChI=1S/C14H22N2O2/c1-4-12(10-18-3)16-13-8-6-5-7-11(13)9-14(17)15-2/h5-8,12,16H,4,9-10H2,1-3H3,(H,15,17). The van der Waals surface area contributed by atoms with Gasteiger partial charge in [0.2, 0.25) is 5.91 Å². The molecule has 0 aliphatic heterocycles. The molecule has 1 amide bonds. The van der Waals surface area contributed by atoms with Gasteiger partial charge < -0.3 is 15.4 Å². The summed E-state index contributed by atoms with van der Waals surface area (Å²) in [5.41, 5.74) is 2.01. The zero-order chi connectivity index (χ0) is 13.4. The van der Waals surface area contributed by atoms with Gasteiger partial charge in [-0.1, -0.05) is 25.1 Å². The molecule has 1 rings (SSSR count). The smallest absolute Gasteiger partial charge is 0.224 e. The molecule has 0 fully saturated rings. The van der Waals surface area contributed by atoms with E-state index in [1.54, 1.807) is 14.2 Å². The van der Waals surface area contributed by atoms with Gasteiger partial charge in [0, 0.05) is 25.9 Å². The molecular weight excluding hydrogens is 228 g/mol. The monoisotopic (exact) mass is 250 g/mol. The first-order valence-corrected chi connectivity index (χ1v) is 6.25. The summed E-state index contributed by atoms with van der Waals surface area (Å²) in [4.78, 5) is 11.5. The number of carbonyl (C=O) groups excluding carboxylic acids is 1. The Morgan fingerprint density at radius 3 is 2.72 bits per heavy atom. The van der Waals surface area contributed by atoms with E-state index in [4.69, 9.17) is 4.74 Å². The molecule has 0 aliphatic rings. The minimum Gasteiger partial charge on any atom is -0.383 e. The molecule has 1 unspecified atom stereocenters. The van der Waals surface area contributed by atoms with Gasteiger partial charge in [0.15, 0.2) is 0 Å². The molecule has 0 spiro atoms. The normalized spacial score (nSPS) is 11.9. The van der Waals surface area contributed by atoms with E-state index in [1.807, 2.05) is 24.3 Å². The Hall–Kier alpha value is -1.55. The van der Waals surface area contributed by atoms with Gasteiger partial charge >= 0.3 is 0 Å². The van der Waals surface area contributed by atoms with Crippen molar-refractivity contribution >= 4 is 11.6 Å². The van der Waals surface area contributed by atoms with E-state index in [-0.39, 0.29) is 11.9 Å². The summed E-state index contributed by atoms with van der Waals surface area (Å²) >= 11 is 0. The first-order chi connectivity index (χ1) is 8.71. The van der Waals surface area contributed by atoms with E-state index < -0.39 is 0 Å². The third-order valence-electron chi connectivity index (χ3n) is 2.87. The van der Waals surface area contributed by atoms with Gasteiger partial charge in [-0.15, -0.1) is 0 Å². The van der Waals surface area contributed by atoms with Crippen LogP contribution in [-0.2, 0) is 16.0 Å². The summed E-state index contributed by atoms with van der Waals surface area (Å²) in [6.07, 6.45) is 1.37.